The summed E-state index contributed by atoms with van der Waals surface area (Å²) in [6.07, 6.45) is 4.18. The van der Waals surface area contributed by atoms with Crippen molar-refractivity contribution in [3.05, 3.63) is 0 Å². The number of carboxylic acids is 1. The zero-order valence-corrected chi connectivity index (χ0v) is 11.5. The molecule has 0 aliphatic heterocycles. The van der Waals surface area contributed by atoms with Crippen LogP contribution in [-0.2, 0) is 9.53 Å². The average molecular weight is 272 g/mol. The summed E-state index contributed by atoms with van der Waals surface area (Å²) in [4.78, 5) is 22.6. The minimum Gasteiger partial charge on any atom is -0.481 e. The average Bonchev–Trinajstić information content (AvgIpc) is 2.76. The normalized spacial score (nSPS) is 17.1. The van der Waals surface area contributed by atoms with Crippen LogP contribution in [0.5, 0.6) is 0 Å². The topological polar surface area (TPSA) is 87.7 Å². The molecular formula is C13H24N2O4. The Morgan fingerprint density at radius 1 is 1.32 bits per heavy atom. The first kappa shape index (κ1) is 15.8. The van der Waals surface area contributed by atoms with Crippen molar-refractivity contribution in [1.29, 1.82) is 0 Å². The Morgan fingerprint density at radius 3 is 2.58 bits per heavy atom. The maximum absolute atomic E-state index is 11.8. The lowest BCUT2D eigenvalue weighted by Crippen LogP contribution is -2.51. The second kappa shape index (κ2) is 7.99. The summed E-state index contributed by atoms with van der Waals surface area (Å²) >= 11 is 0. The van der Waals surface area contributed by atoms with Gasteiger partial charge in [0.15, 0.2) is 0 Å². The molecular weight excluding hydrogens is 248 g/mol. The molecule has 19 heavy (non-hydrogen) atoms. The van der Waals surface area contributed by atoms with Crippen LogP contribution < -0.4 is 10.6 Å². The second-order valence-corrected chi connectivity index (χ2v) is 4.99. The summed E-state index contributed by atoms with van der Waals surface area (Å²) in [5.74, 6) is -0.862. The number of carboxylic acid groups (broad SMARTS) is 1. The first-order chi connectivity index (χ1) is 9.08. The molecule has 1 saturated carbocycles. The van der Waals surface area contributed by atoms with E-state index >= 15 is 0 Å². The quantitative estimate of drug-likeness (QED) is 0.584. The van der Waals surface area contributed by atoms with Gasteiger partial charge in [-0.3, -0.25) is 4.79 Å². The molecule has 6 heteroatoms. The first-order valence-electron chi connectivity index (χ1n) is 6.93. The van der Waals surface area contributed by atoms with Gasteiger partial charge in [0.05, 0.1) is 12.0 Å². The van der Waals surface area contributed by atoms with Gasteiger partial charge >= 0.3 is 12.0 Å². The van der Waals surface area contributed by atoms with Crippen LogP contribution in [0, 0.1) is 0 Å². The van der Waals surface area contributed by atoms with Crippen molar-refractivity contribution in [2.45, 2.75) is 51.0 Å². The second-order valence-electron chi connectivity index (χ2n) is 4.99. The number of aliphatic carboxylic acids is 1. The molecule has 0 bridgehead atoms. The van der Waals surface area contributed by atoms with Crippen molar-refractivity contribution >= 4 is 12.0 Å². The number of hydrogen-bond acceptors (Lipinski definition) is 3. The third kappa shape index (κ3) is 5.92. The molecule has 0 saturated heterocycles. The number of carbonyl (C=O) groups is 2. The van der Waals surface area contributed by atoms with E-state index in [-0.39, 0.29) is 12.5 Å². The molecule has 1 fully saturated rings. The van der Waals surface area contributed by atoms with E-state index in [1.54, 1.807) is 0 Å². The fourth-order valence-corrected chi connectivity index (χ4v) is 2.49. The maximum atomic E-state index is 11.8. The Balaban J connectivity index is 2.29. The molecule has 6 nitrogen and oxygen atoms in total. The molecule has 0 aromatic carbocycles. The van der Waals surface area contributed by atoms with Gasteiger partial charge in [-0.25, -0.2) is 4.79 Å². The highest BCUT2D eigenvalue weighted by Gasteiger charge is 2.37. The number of urea groups is 1. The lowest BCUT2D eigenvalue weighted by atomic mass is 9.93. The summed E-state index contributed by atoms with van der Waals surface area (Å²) in [6, 6.07) is -0.278. The van der Waals surface area contributed by atoms with Crippen molar-refractivity contribution < 1.29 is 19.4 Å². The lowest BCUT2D eigenvalue weighted by Gasteiger charge is -2.28. The molecule has 0 radical (unpaired) electrons. The Bertz CT molecular complexity index is 301. The van der Waals surface area contributed by atoms with E-state index in [1.165, 1.54) is 0 Å². The largest absolute Gasteiger partial charge is 0.481 e. The summed E-state index contributed by atoms with van der Waals surface area (Å²) in [6.45, 7) is 3.76. The third-order valence-corrected chi connectivity index (χ3v) is 3.38. The van der Waals surface area contributed by atoms with Gasteiger partial charge in [0.25, 0.3) is 0 Å². The molecule has 0 unspecified atom stereocenters. The van der Waals surface area contributed by atoms with Crippen LogP contribution in [0.4, 0.5) is 4.79 Å². The van der Waals surface area contributed by atoms with E-state index < -0.39 is 11.5 Å². The molecule has 0 spiro atoms. The van der Waals surface area contributed by atoms with Crippen LogP contribution >= 0.6 is 0 Å². The molecule has 0 heterocycles. The number of nitrogens with one attached hydrogen (secondary N) is 2. The van der Waals surface area contributed by atoms with Crippen molar-refractivity contribution in [3.8, 4) is 0 Å². The maximum Gasteiger partial charge on any atom is 0.315 e. The SMILES string of the molecule is CCOCCCNC(=O)NC1(CC(=O)O)CCCC1. The first-order valence-corrected chi connectivity index (χ1v) is 6.93. The molecule has 3 N–H and O–H groups in total. The standard InChI is InChI=1S/C13H24N2O4/c1-2-19-9-5-8-14-12(18)15-13(10-11(16)17)6-3-4-7-13/h2-10H2,1H3,(H,16,17)(H2,14,15,18). The number of rotatable bonds is 8. The third-order valence-electron chi connectivity index (χ3n) is 3.38. The summed E-state index contributed by atoms with van der Waals surface area (Å²) in [5.41, 5.74) is -0.560. The van der Waals surface area contributed by atoms with E-state index in [9.17, 15) is 9.59 Å². The van der Waals surface area contributed by atoms with Gasteiger partial charge in [-0.05, 0) is 26.2 Å². The van der Waals surface area contributed by atoms with E-state index in [0.717, 1.165) is 32.1 Å². The predicted octanol–water partition coefficient (Wildman–Crippen LogP) is 1.50. The molecule has 1 aliphatic carbocycles. The van der Waals surface area contributed by atoms with Crippen LogP contribution in [0.1, 0.15) is 45.4 Å². The monoisotopic (exact) mass is 272 g/mol. The minimum absolute atomic E-state index is 0.000629. The van der Waals surface area contributed by atoms with Gasteiger partial charge in [0.1, 0.15) is 0 Å². The van der Waals surface area contributed by atoms with Crippen molar-refractivity contribution in [2.24, 2.45) is 0 Å². The highest BCUT2D eigenvalue weighted by atomic mass is 16.5. The van der Waals surface area contributed by atoms with Crippen LogP contribution in [0.15, 0.2) is 0 Å². The van der Waals surface area contributed by atoms with E-state index in [0.29, 0.717) is 19.8 Å². The molecule has 1 rings (SSSR count). The number of ether oxygens (including phenoxy) is 1. The number of amides is 2. The van der Waals surface area contributed by atoms with E-state index in [2.05, 4.69) is 10.6 Å². The number of carbonyl (C=O) groups excluding carboxylic acids is 1. The molecule has 0 aromatic heterocycles. The van der Waals surface area contributed by atoms with Crippen molar-refractivity contribution in [3.63, 3.8) is 0 Å². The summed E-state index contributed by atoms with van der Waals surface area (Å²) < 4.78 is 5.17. The van der Waals surface area contributed by atoms with Crippen LogP contribution in [0.2, 0.25) is 0 Å². The van der Waals surface area contributed by atoms with Gasteiger partial charge in [-0.15, -0.1) is 0 Å². The minimum atomic E-state index is -0.862. The fourth-order valence-electron chi connectivity index (χ4n) is 2.49. The zero-order chi connectivity index (χ0) is 14.1. The van der Waals surface area contributed by atoms with Crippen molar-refractivity contribution in [1.82, 2.24) is 10.6 Å². The van der Waals surface area contributed by atoms with Gasteiger partial charge in [-0.1, -0.05) is 12.8 Å². The Morgan fingerprint density at radius 2 is 2.00 bits per heavy atom. The van der Waals surface area contributed by atoms with Gasteiger partial charge in [0, 0.05) is 19.8 Å². The molecule has 0 aromatic rings. The summed E-state index contributed by atoms with van der Waals surface area (Å²) in [5, 5.41) is 14.5. The predicted molar refractivity (Wildman–Crippen MR) is 71.1 cm³/mol. The number of hydrogen-bond donors (Lipinski definition) is 3. The Labute approximate surface area is 113 Å². The zero-order valence-electron chi connectivity index (χ0n) is 11.5. The fraction of sp³-hybridized carbons (Fsp3) is 0.846. The van der Waals surface area contributed by atoms with Gasteiger partial charge in [0.2, 0.25) is 0 Å². The van der Waals surface area contributed by atoms with E-state index in [4.69, 9.17) is 9.84 Å². The molecule has 110 valence electrons. The Hall–Kier alpha value is -1.30. The van der Waals surface area contributed by atoms with E-state index in [1.807, 2.05) is 6.92 Å². The van der Waals surface area contributed by atoms with Crippen LogP contribution in [0.3, 0.4) is 0 Å². The molecule has 1 aliphatic rings. The van der Waals surface area contributed by atoms with Gasteiger partial charge < -0.3 is 20.5 Å². The smallest absolute Gasteiger partial charge is 0.315 e. The lowest BCUT2D eigenvalue weighted by molar-refractivity contribution is -0.138. The summed E-state index contributed by atoms with van der Waals surface area (Å²) in [7, 11) is 0. The highest BCUT2D eigenvalue weighted by molar-refractivity contribution is 5.76. The Kier molecular flexibility index (Phi) is 6.62. The highest BCUT2D eigenvalue weighted by Crippen LogP contribution is 2.32. The molecule has 2 amide bonds. The van der Waals surface area contributed by atoms with Crippen LogP contribution in [-0.4, -0.2) is 42.4 Å². The van der Waals surface area contributed by atoms with Crippen molar-refractivity contribution in [2.75, 3.05) is 19.8 Å². The molecule has 0 atom stereocenters. The van der Waals surface area contributed by atoms with Gasteiger partial charge in [-0.2, -0.15) is 0 Å². The van der Waals surface area contributed by atoms with Crippen LogP contribution in [0.25, 0.3) is 0 Å².